The van der Waals surface area contributed by atoms with Crippen molar-refractivity contribution in [2.24, 2.45) is 0 Å². The highest BCUT2D eigenvalue weighted by molar-refractivity contribution is 6.35. The van der Waals surface area contributed by atoms with Gasteiger partial charge in [-0.05, 0) is 23.8 Å². The highest BCUT2D eigenvalue weighted by Gasteiger charge is 2.24. The summed E-state index contributed by atoms with van der Waals surface area (Å²) in [6.45, 7) is 0. The lowest BCUT2D eigenvalue weighted by Gasteiger charge is -2.21. The minimum Gasteiger partial charge on any atom is -0.505 e. The molecule has 3 nitrogen and oxygen atoms in total. The number of fused-ring (bicyclic) bond motifs is 1. The summed E-state index contributed by atoms with van der Waals surface area (Å²) >= 11 is 12.4. The average molecular weight is 431 g/mol. The number of pyridine rings is 2. The summed E-state index contributed by atoms with van der Waals surface area (Å²) in [6, 6.07) is 12.9. The van der Waals surface area contributed by atoms with Crippen LogP contribution in [0.1, 0.15) is 22.7 Å². The third-order valence-corrected chi connectivity index (χ3v) is 5.34. The fourth-order valence-electron chi connectivity index (χ4n) is 3.38. The fourth-order valence-corrected chi connectivity index (χ4v) is 3.92. The standard InChI is InChI=1S/C22H14Cl2F2N2O/c23-13-4-6-15(18(24)8-13)17(10-20-19(26)9-14(25)11-28-20)16-5-3-12-2-1-7-27-21(12)22(16)29/h1-9,11,17,29H,10H2. The van der Waals surface area contributed by atoms with Gasteiger partial charge in [0.1, 0.15) is 22.9 Å². The molecule has 2 aromatic carbocycles. The van der Waals surface area contributed by atoms with Crippen LogP contribution in [0.5, 0.6) is 5.75 Å². The van der Waals surface area contributed by atoms with Crippen LogP contribution in [-0.2, 0) is 6.42 Å². The van der Waals surface area contributed by atoms with Crippen molar-refractivity contribution in [1.29, 1.82) is 0 Å². The first-order valence-electron chi connectivity index (χ1n) is 8.75. The molecule has 1 N–H and O–H groups in total. The number of nitrogens with zero attached hydrogens (tertiary/aromatic N) is 2. The highest BCUT2D eigenvalue weighted by atomic mass is 35.5. The minimum absolute atomic E-state index is 0.0263. The molecule has 2 heterocycles. The molecule has 0 saturated heterocycles. The Hall–Kier alpha value is -2.76. The van der Waals surface area contributed by atoms with Gasteiger partial charge in [0.25, 0.3) is 0 Å². The molecule has 0 aliphatic rings. The van der Waals surface area contributed by atoms with Gasteiger partial charge in [-0.3, -0.25) is 9.97 Å². The molecule has 0 spiro atoms. The van der Waals surface area contributed by atoms with Crippen molar-refractivity contribution < 1.29 is 13.9 Å². The average Bonchev–Trinajstić information content (AvgIpc) is 2.69. The second kappa shape index (κ2) is 7.93. The maximum absolute atomic E-state index is 14.3. The third-order valence-electron chi connectivity index (χ3n) is 4.77. The predicted octanol–water partition coefficient (Wildman–Crippen LogP) is 6.30. The summed E-state index contributed by atoms with van der Waals surface area (Å²) in [6.07, 6.45) is 2.59. The molecule has 0 radical (unpaired) electrons. The smallest absolute Gasteiger partial charge is 0.147 e. The maximum Gasteiger partial charge on any atom is 0.147 e. The minimum atomic E-state index is -0.765. The number of halogens is 4. The van der Waals surface area contributed by atoms with Crippen LogP contribution in [0.25, 0.3) is 10.9 Å². The van der Waals surface area contributed by atoms with Crippen molar-refractivity contribution in [3.05, 3.63) is 99.4 Å². The van der Waals surface area contributed by atoms with Crippen LogP contribution in [0.3, 0.4) is 0 Å². The predicted molar refractivity (Wildman–Crippen MR) is 110 cm³/mol. The normalized spacial score (nSPS) is 12.3. The Kier molecular flexibility index (Phi) is 5.35. The number of aromatic nitrogens is 2. The van der Waals surface area contributed by atoms with E-state index in [9.17, 15) is 13.9 Å². The molecule has 0 fully saturated rings. The van der Waals surface area contributed by atoms with Crippen LogP contribution in [-0.4, -0.2) is 15.1 Å². The molecule has 29 heavy (non-hydrogen) atoms. The molecule has 0 aliphatic carbocycles. The van der Waals surface area contributed by atoms with E-state index in [0.717, 1.165) is 17.6 Å². The van der Waals surface area contributed by atoms with Crippen molar-refractivity contribution in [1.82, 2.24) is 9.97 Å². The summed E-state index contributed by atoms with van der Waals surface area (Å²) in [5.74, 6) is -2.11. The number of aromatic hydroxyl groups is 1. The van der Waals surface area contributed by atoms with Gasteiger partial charge in [0, 0.05) is 45.6 Å². The van der Waals surface area contributed by atoms with E-state index in [-0.39, 0.29) is 17.9 Å². The number of hydrogen-bond acceptors (Lipinski definition) is 3. The molecular weight excluding hydrogens is 417 g/mol. The number of benzene rings is 2. The molecule has 4 rings (SSSR count). The van der Waals surface area contributed by atoms with Crippen molar-refractivity contribution in [3.63, 3.8) is 0 Å². The van der Waals surface area contributed by atoms with Gasteiger partial charge in [-0.15, -0.1) is 0 Å². The molecular formula is C22H14Cl2F2N2O. The molecule has 0 amide bonds. The van der Waals surface area contributed by atoms with Gasteiger partial charge in [0.15, 0.2) is 0 Å². The van der Waals surface area contributed by atoms with Gasteiger partial charge in [0.05, 0.1) is 11.9 Å². The number of rotatable bonds is 4. The summed E-state index contributed by atoms with van der Waals surface area (Å²) in [4.78, 5) is 8.14. The molecule has 146 valence electrons. The zero-order chi connectivity index (χ0) is 20.5. The summed E-state index contributed by atoms with van der Waals surface area (Å²) in [5.41, 5.74) is 1.62. The quantitative estimate of drug-likeness (QED) is 0.413. The van der Waals surface area contributed by atoms with Crippen LogP contribution in [0.15, 0.2) is 60.9 Å². The first-order valence-corrected chi connectivity index (χ1v) is 9.51. The summed E-state index contributed by atoms with van der Waals surface area (Å²) < 4.78 is 27.6. The Labute approximate surface area is 175 Å². The highest BCUT2D eigenvalue weighted by Crippen LogP contribution is 2.40. The topological polar surface area (TPSA) is 46.0 Å². The lowest BCUT2D eigenvalue weighted by molar-refractivity contribution is 0.468. The van der Waals surface area contributed by atoms with Crippen molar-refractivity contribution in [2.75, 3.05) is 0 Å². The zero-order valence-corrected chi connectivity index (χ0v) is 16.4. The third kappa shape index (κ3) is 3.88. The van der Waals surface area contributed by atoms with E-state index in [2.05, 4.69) is 9.97 Å². The molecule has 0 aliphatic heterocycles. The van der Waals surface area contributed by atoms with Crippen LogP contribution >= 0.6 is 23.2 Å². The second-order valence-corrected chi connectivity index (χ2v) is 7.43. The molecule has 7 heteroatoms. The van der Waals surface area contributed by atoms with Crippen LogP contribution in [0.4, 0.5) is 8.78 Å². The molecule has 2 aromatic heterocycles. The van der Waals surface area contributed by atoms with Crippen molar-refractivity contribution >= 4 is 34.1 Å². The van der Waals surface area contributed by atoms with Gasteiger partial charge in [-0.25, -0.2) is 8.78 Å². The Morgan fingerprint density at radius 2 is 1.76 bits per heavy atom. The van der Waals surface area contributed by atoms with E-state index in [0.29, 0.717) is 26.7 Å². The largest absolute Gasteiger partial charge is 0.505 e. The fraction of sp³-hybridized carbons (Fsp3) is 0.0909. The van der Waals surface area contributed by atoms with Crippen LogP contribution in [0.2, 0.25) is 10.0 Å². The van der Waals surface area contributed by atoms with E-state index < -0.39 is 17.6 Å². The Balaban J connectivity index is 1.89. The lowest BCUT2D eigenvalue weighted by atomic mass is 9.86. The van der Waals surface area contributed by atoms with E-state index in [1.54, 1.807) is 36.5 Å². The first kappa shape index (κ1) is 19.6. The van der Waals surface area contributed by atoms with E-state index in [1.807, 2.05) is 12.1 Å². The van der Waals surface area contributed by atoms with E-state index in [4.69, 9.17) is 23.2 Å². The van der Waals surface area contributed by atoms with E-state index in [1.165, 1.54) is 0 Å². The molecule has 1 atom stereocenters. The lowest BCUT2D eigenvalue weighted by Crippen LogP contribution is -2.10. The first-order chi connectivity index (χ1) is 13.9. The zero-order valence-electron chi connectivity index (χ0n) is 14.9. The SMILES string of the molecule is Oc1c(C(Cc2ncc(F)cc2F)c2ccc(Cl)cc2Cl)ccc2cccnc12. The number of phenols is 1. The monoisotopic (exact) mass is 430 g/mol. The maximum atomic E-state index is 14.3. The molecule has 0 bridgehead atoms. The molecule has 1 unspecified atom stereocenters. The van der Waals surface area contributed by atoms with Gasteiger partial charge in [-0.2, -0.15) is 0 Å². The second-order valence-electron chi connectivity index (χ2n) is 6.58. The van der Waals surface area contributed by atoms with Gasteiger partial charge in [-0.1, -0.05) is 47.5 Å². The summed E-state index contributed by atoms with van der Waals surface area (Å²) in [7, 11) is 0. The van der Waals surface area contributed by atoms with Gasteiger partial charge >= 0.3 is 0 Å². The number of phenolic OH excluding ortho intramolecular Hbond substituents is 1. The van der Waals surface area contributed by atoms with Gasteiger partial charge in [0.2, 0.25) is 0 Å². The van der Waals surface area contributed by atoms with Crippen LogP contribution in [0, 0.1) is 11.6 Å². The van der Waals surface area contributed by atoms with E-state index >= 15 is 0 Å². The number of hydrogen-bond donors (Lipinski definition) is 1. The Bertz CT molecular complexity index is 1220. The Morgan fingerprint density at radius 3 is 2.52 bits per heavy atom. The van der Waals surface area contributed by atoms with Crippen molar-refractivity contribution in [2.45, 2.75) is 12.3 Å². The Morgan fingerprint density at radius 1 is 0.966 bits per heavy atom. The van der Waals surface area contributed by atoms with Crippen molar-refractivity contribution in [3.8, 4) is 5.75 Å². The summed E-state index contributed by atoms with van der Waals surface area (Å²) in [5, 5.41) is 12.5. The van der Waals surface area contributed by atoms with Crippen LogP contribution < -0.4 is 0 Å². The molecule has 0 saturated carbocycles. The molecule has 4 aromatic rings. The van der Waals surface area contributed by atoms with Gasteiger partial charge < -0.3 is 5.11 Å².